The average molecular weight is 174 g/mol. The summed E-state index contributed by atoms with van der Waals surface area (Å²) in [4.78, 5) is 4.01. The van der Waals surface area contributed by atoms with E-state index in [1.165, 1.54) is 0 Å². The molecule has 4 nitrogen and oxygen atoms in total. The Bertz CT molecular complexity index is 455. The lowest BCUT2D eigenvalue weighted by Gasteiger charge is -2.04. The van der Waals surface area contributed by atoms with Crippen LogP contribution >= 0.6 is 0 Å². The molecular weight excluding hydrogens is 164 g/mol. The Kier molecular flexibility index (Phi) is 1.13. The Balaban J connectivity index is 2.30. The van der Waals surface area contributed by atoms with Crippen molar-refractivity contribution in [1.82, 2.24) is 15.2 Å². The molecule has 0 bridgehead atoms. The second kappa shape index (κ2) is 2.09. The molecule has 0 amide bonds. The maximum atomic E-state index is 6.09. The van der Waals surface area contributed by atoms with Gasteiger partial charge in [0, 0.05) is 11.6 Å². The lowest BCUT2D eigenvalue weighted by molar-refractivity contribution is 0.708. The molecular formula is C9H10N4. The summed E-state index contributed by atoms with van der Waals surface area (Å²) in [6.45, 7) is 0. The van der Waals surface area contributed by atoms with E-state index in [1.807, 2.05) is 6.07 Å². The van der Waals surface area contributed by atoms with Crippen LogP contribution in [0.3, 0.4) is 0 Å². The first kappa shape index (κ1) is 7.03. The van der Waals surface area contributed by atoms with Gasteiger partial charge in [0.1, 0.15) is 5.52 Å². The van der Waals surface area contributed by atoms with Crippen molar-refractivity contribution in [3.8, 4) is 0 Å². The van der Waals surface area contributed by atoms with E-state index in [0.717, 1.165) is 29.4 Å². The minimum absolute atomic E-state index is 0.143. The van der Waals surface area contributed by atoms with Gasteiger partial charge >= 0.3 is 0 Å². The largest absolute Gasteiger partial charge is 0.320 e. The first-order chi connectivity index (χ1) is 6.30. The quantitative estimate of drug-likeness (QED) is 0.675. The van der Waals surface area contributed by atoms with E-state index in [1.54, 1.807) is 12.4 Å². The summed E-state index contributed by atoms with van der Waals surface area (Å²) < 4.78 is 0. The molecule has 13 heavy (non-hydrogen) atoms. The van der Waals surface area contributed by atoms with Crippen LogP contribution in [0.1, 0.15) is 18.5 Å². The number of nitrogens with one attached hydrogen (secondary N) is 1. The van der Waals surface area contributed by atoms with Crippen molar-refractivity contribution >= 4 is 10.9 Å². The molecule has 2 aromatic rings. The van der Waals surface area contributed by atoms with E-state index < -0.39 is 0 Å². The molecule has 1 saturated carbocycles. The van der Waals surface area contributed by atoms with E-state index in [-0.39, 0.29) is 5.54 Å². The van der Waals surface area contributed by atoms with Crippen LogP contribution in [0.2, 0.25) is 0 Å². The molecule has 0 atom stereocenters. The third-order valence-corrected chi connectivity index (χ3v) is 2.64. The molecule has 66 valence electrons. The molecule has 0 saturated heterocycles. The summed E-state index contributed by atoms with van der Waals surface area (Å²) in [6.07, 6.45) is 5.62. The highest BCUT2D eigenvalue weighted by Crippen LogP contribution is 2.43. The molecule has 1 aliphatic carbocycles. The molecule has 0 unspecified atom stereocenters. The monoisotopic (exact) mass is 174 g/mol. The highest BCUT2D eigenvalue weighted by molar-refractivity contribution is 5.81. The summed E-state index contributed by atoms with van der Waals surface area (Å²) in [5.41, 5.74) is 7.90. The van der Waals surface area contributed by atoms with Gasteiger partial charge in [-0.05, 0) is 18.9 Å². The normalized spacial score (nSPS) is 19.2. The molecule has 0 aromatic carbocycles. The van der Waals surface area contributed by atoms with Crippen LogP contribution in [0.5, 0.6) is 0 Å². The molecule has 1 fully saturated rings. The zero-order chi connectivity index (χ0) is 8.89. The predicted molar refractivity (Wildman–Crippen MR) is 49.0 cm³/mol. The van der Waals surface area contributed by atoms with Crippen LogP contribution in [0.15, 0.2) is 18.5 Å². The zero-order valence-corrected chi connectivity index (χ0v) is 7.12. The lowest BCUT2D eigenvalue weighted by atomic mass is 10.1. The number of aromatic amines is 1. The van der Waals surface area contributed by atoms with Crippen molar-refractivity contribution in [3.63, 3.8) is 0 Å². The van der Waals surface area contributed by atoms with Gasteiger partial charge in [-0.2, -0.15) is 5.10 Å². The average Bonchev–Trinajstić information content (AvgIpc) is 2.76. The molecule has 0 aliphatic heterocycles. The van der Waals surface area contributed by atoms with Crippen molar-refractivity contribution in [2.45, 2.75) is 18.4 Å². The Morgan fingerprint density at radius 3 is 3.08 bits per heavy atom. The molecule has 1 aliphatic rings. The molecule has 2 aromatic heterocycles. The molecule has 3 rings (SSSR count). The van der Waals surface area contributed by atoms with Crippen molar-refractivity contribution in [3.05, 3.63) is 24.2 Å². The minimum Gasteiger partial charge on any atom is -0.320 e. The number of rotatable bonds is 1. The predicted octanol–water partition coefficient (Wildman–Crippen LogP) is 0.906. The van der Waals surface area contributed by atoms with Crippen LogP contribution in [-0.2, 0) is 5.54 Å². The fourth-order valence-electron chi connectivity index (χ4n) is 1.63. The number of nitrogens with zero attached hydrogens (tertiary/aromatic N) is 2. The number of fused-ring (bicyclic) bond motifs is 1. The minimum atomic E-state index is -0.143. The third-order valence-electron chi connectivity index (χ3n) is 2.64. The number of nitrogens with two attached hydrogens (primary N) is 1. The second-order valence-electron chi connectivity index (χ2n) is 3.65. The van der Waals surface area contributed by atoms with Gasteiger partial charge < -0.3 is 5.73 Å². The Morgan fingerprint density at radius 2 is 2.31 bits per heavy atom. The fraction of sp³-hybridized carbons (Fsp3) is 0.333. The van der Waals surface area contributed by atoms with E-state index in [4.69, 9.17) is 5.73 Å². The van der Waals surface area contributed by atoms with E-state index in [2.05, 4.69) is 15.2 Å². The second-order valence-corrected chi connectivity index (χ2v) is 3.65. The van der Waals surface area contributed by atoms with E-state index >= 15 is 0 Å². The lowest BCUT2D eigenvalue weighted by Crippen LogP contribution is -2.19. The van der Waals surface area contributed by atoms with Crippen LogP contribution in [-0.4, -0.2) is 15.2 Å². The van der Waals surface area contributed by atoms with Crippen molar-refractivity contribution < 1.29 is 0 Å². The SMILES string of the molecule is NC1(c2[nH]nc3cnccc23)CC1. The van der Waals surface area contributed by atoms with Gasteiger partial charge in [-0.1, -0.05) is 0 Å². The Morgan fingerprint density at radius 1 is 1.46 bits per heavy atom. The summed E-state index contributed by atoms with van der Waals surface area (Å²) in [6, 6.07) is 1.96. The maximum absolute atomic E-state index is 6.09. The van der Waals surface area contributed by atoms with Crippen LogP contribution < -0.4 is 5.73 Å². The van der Waals surface area contributed by atoms with Gasteiger partial charge in [-0.15, -0.1) is 0 Å². The summed E-state index contributed by atoms with van der Waals surface area (Å²) >= 11 is 0. The fourth-order valence-corrected chi connectivity index (χ4v) is 1.63. The highest BCUT2D eigenvalue weighted by atomic mass is 15.1. The first-order valence-corrected chi connectivity index (χ1v) is 4.37. The number of hydrogen-bond donors (Lipinski definition) is 2. The highest BCUT2D eigenvalue weighted by Gasteiger charge is 2.42. The third kappa shape index (κ3) is 0.890. The maximum Gasteiger partial charge on any atom is 0.111 e. The van der Waals surface area contributed by atoms with Gasteiger partial charge in [-0.3, -0.25) is 10.1 Å². The van der Waals surface area contributed by atoms with Gasteiger partial charge in [0.15, 0.2) is 0 Å². The summed E-state index contributed by atoms with van der Waals surface area (Å²) in [5.74, 6) is 0. The van der Waals surface area contributed by atoms with Gasteiger partial charge in [0.2, 0.25) is 0 Å². The summed E-state index contributed by atoms with van der Waals surface area (Å²) in [5, 5.41) is 8.27. The molecule has 0 spiro atoms. The summed E-state index contributed by atoms with van der Waals surface area (Å²) in [7, 11) is 0. The van der Waals surface area contributed by atoms with Crippen LogP contribution in [0, 0.1) is 0 Å². The number of hydrogen-bond acceptors (Lipinski definition) is 3. The van der Waals surface area contributed by atoms with E-state index in [0.29, 0.717) is 0 Å². The zero-order valence-electron chi connectivity index (χ0n) is 7.12. The van der Waals surface area contributed by atoms with Gasteiger partial charge in [-0.25, -0.2) is 0 Å². The molecule has 2 heterocycles. The Labute approximate surface area is 75.2 Å². The van der Waals surface area contributed by atoms with Gasteiger partial charge in [0.05, 0.1) is 17.4 Å². The molecule has 0 radical (unpaired) electrons. The molecule has 3 N–H and O–H groups in total. The van der Waals surface area contributed by atoms with Crippen LogP contribution in [0.4, 0.5) is 0 Å². The van der Waals surface area contributed by atoms with E-state index in [9.17, 15) is 0 Å². The first-order valence-electron chi connectivity index (χ1n) is 4.37. The van der Waals surface area contributed by atoms with Gasteiger partial charge in [0.25, 0.3) is 0 Å². The van der Waals surface area contributed by atoms with Crippen molar-refractivity contribution in [2.24, 2.45) is 5.73 Å². The van der Waals surface area contributed by atoms with Crippen molar-refractivity contribution in [2.75, 3.05) is 0 Å². The number of pyridine rings is 1. The standard InChI is InChI=1S/C9H10N4/c10-9(2-3-9)8-6-1-4-11-5-7(6)12-13-8/h1,4-5H,2-3,10H2,(H,12,13). The number of H-pyrrole nitrogens is 1. The Hall–Kier alpha value is -1.42. The van der Waals surface area contributed by atoms with Crippen molar-refractivity contribution in [1.29, 1.82) is 0 Å². The smallest absolute Gasteiger partial charge is 0.111 e. The molecule has 4 heteroatoms. The van der Waals surface area contributed by atoms with Crippen LogP contribution in [0.25, 0.3) is 10.9 Å². The number of aromatic nitrogens is 3. The topological polar surface area (TPSA) is 67.6 Å².